The number of fused-ring (bicyclic) bond motifs is 4. The third-order valence-electron chi connectivity index (χ3n) is 4.64. The SMILES string of the molecule is Cc1ccc2nc(=NC(=O)c3ccc4nc[nH]c4c3)n3c(c2c1)NCC3.Cl. The summed E-state index contributed by atoms with van der Waals surface area (Å²) < 4.78 is 1.97. The van der Waals surface area contributed by atoms with Gasteiger partial charge < -0.3 is 10.3 Å². The number of benzene rings is 2. The minimum absolute atomic E-state index is 0. The van der Waals surface area contributed by atoms with Crippen LogP contribution in [0, 0.1) is 6.92 Å². The maximum Gasteiger partial charge on any atom is 0.280 e. The van der Waals surface area contributed by atoms with Crippen molar-refractivity contribution in [3.63, 3.8) is 0 Å². The van der Waals surface area contributed by atoms with E-state index in [1.807, 2.05) is 22.8 Å². The summed E-state index contributed by atoms with van der Waals surface area (Å²) in [5, 5.41) is 4.43. The molecule has 2 aromatic heterocycles. The average molecular weight is 381 g/mol. The topological polar surface area (TPSA) is 88.0 Å². The van der Waals surface area contributed by atoms with Gasteiger partial charge in [0.2, 0.25) is 5.62 Å². The van der Waals surface area contributed by atoms with Gasteiger partial charge in [-0.3, -0.25) is 9.36 Å². The highest BCUT2D eigenvalue weighted by Gasteiger charge is 2.16. The summed E-state index contributed by atoms with van der Waals surface area (Å²) in [6.07, 6.45) is 1.61. The smallest absolute Gasteiger partial charge is 0.280 e. The van der Waals surface area contributed by atoms with Crippen molar-refractivity contribution in [3.05, 3.63) is 59.5 Å². The number of H-pyrrole nitrogens is 1. The molecule has 1 aliphatic rings. The highest BCUT2D eigenvalue weighted by Crippen LogP contribution is 2.24. The molecule has 0 fully saturated rings. The Labute approximate surface area is 160 Å². The minimum Gasteiger partial charge on any atom is -0.369 e. The largest absolute Gasteiger partial charge is 0.369 e. The van der Waals surface area contributed by atoms with E-state index in [4.69, 9.17) is 0 Å². The van der Waals surface area contributed by atoms with Crippen molar-refractivity contribution >= 4 is 46.1 Å². The van der Waals surface area contributed by atoms with Crippen LogP contribution in [0.15, 0.2) is 47.7 Å². The molecule has 5 rings (SSSR count). The summed E-state index contributed by atoms with van der Waals surface area (Å²) in [5.41, 5.74) is 4.56. The number of aromatic nitrogens is 4. The molecule has 27 heavy (non-hydrogen) atoms. The van der Waals surface area contributed by atoms with E-state index in [0.717, 1.165) is 40.8 Å². The van der Waals surface area contributed by atoms with Crippen LogP contribution in [0.3, 0.4) is 0 Å². The van der Waals surface area contributed by atoms with Gasteiger partial charge in [-0.25, -0.2) is 9.97 Å². The molecule has 4 aromatic rings. The Balaban J connectivity index is 0.00000180. The molecule has 136 valence electrons. The van der Waals surface area contributed by atoms with Crippen LogP contribution in [0.25, 0.3) is 21.9 Å². The number of hydrogen-bond acceptors (Lipinski definition) is 4. The van der Waals surface area contributed by atoms with E-state index in [1.54, 1.807) is 18.5 Å². The van der Waals surface area contributed by atoms with Gasteiger partial charge >= 0.3 is 0 Å². The van der Waals surface area contributed by atoms with Crippen molar-refractivity contribution in [3.8, 4) is 0 Å². The van der Waals surface area contributed by atoms with E-state index in [-0.39, 0.29) is 18.3 Å². The van der Waals surface area contributed by atoms with Crippen LogP contribution in [-0.4, -0.2) is 32.0 Å². The van der Waals surface area contributed by atoms with Gasteiger partial charge in [0.15, 0.2) is 0 Å². The third-order valence-corrected chi connectivity index (χ3v) is 4.64. The first-order valence-electron chi connectivity index (χ1n) is 8.46. The van der Waals surface area contributed by atoms with Crippen LogP contribution < -0.4 is 10.9 Å². The van der Waals surface area contributed by atoms with Crippen LogP contribution >= 0.6 is 12.4 Å². The fraction of sp³-hybridized carbons (Fsp3) is 0.158. The second-order valence-corrected chi connectivity index (χ2v) is 6.41. The number of carbonyl (C=O) groups is 1. The number of imidazole rings is 1. The zero-order valence-electron chi connectivity index (χ0n) is 14.6. The maximum atomic E-state index is 12.7. The van der Waals surface area contributed by atoms with Crippen LogP contribution in [0.5, 0.6) is 0 Å². The zero-order chi connectivity index (χ0) is 17.7. The van der Waals surface area contributed by atoms with Gasteiger partial charge in [-0.05, 0) is 37.3 Å². The lowest BCUT2D eigenvalue weighted by atomic mass is 10.1. The number of anilines is 1. The Bertz CT molecular complexity index is 1260. The van der Waals surface area contributed by atoms with Crippen molar-refractivity contribution in [2.24, 2.45) is 4.99 Å². The van der Waals surface area contributed by atoms with E-state index in [9.17, 15) is 4.79 Å². The lowest BCUT2D eigenvalue weighted by Crippen LogP contribution is -2.24. The summed E-state index contributed by atoms with van der Waals surface area (Å²) in [4.78, 5) is 28.8. The molecule has 0 unspecified atom stereocenters. The average Bonchev–Trinajstić information content (AvgIpc) is 3.31. The Morgan fingerprint density at radius 3 is 2.93 bits per heavy atom. The molecule has 1 amide bonds. The third kappa shape index (κ3) is 2.86. The van der Waals surface area contributed by atoms with Crippen molar-refractivity contribution in [2.75, 3.05) is 11.9 Å². The first kappa shape index (κ1) is 17.2. The standard InChI is InChI=1S/C19H16N6O.ClH/c1-11-2-4-14-13(8-11)17-20-6-7-25(17)19(23-14)24-18(26)12-3-5-15-16(9-12)22-10-21-15;/h2-5,8-10,20H,6-7H2,1H3,(H,21,22);1H. The highest BCUT2D eigenvalue weighted by molar-refractivity contribution is 5.98. The molecular weight excluding hydrogens is 364 g/mol. The molecule has 2 aromatic carbocycles. The molecule has 8 heteroatoms. The molecule has 0 spiro atoms. The fourth-order valence-corrected chi connectivity index (χ4v) is 3.35. The Hall–Kier alpha value is -3.19. The lowest BCUT2D eigenvalue weighted by molar-refractivity contribution is 0.0996. The first-order valence-corrected chi connectivity index (χ1v) is 8.46. The minimum atomic E-state index is -0.318. The predicted molar refractivity (Wildman–Crippen MR) is 106 cm³/mol. The summed E-state index contributed by atoms with van der Waals surface area (Å²) in [7, 11) is 0. The van der Waals surface area contributed by atoms with Crippen LogP contribution in [0.4, 0.5) is 5.82 Å². The monoisotopic (exact) mass is 380 g/mol. The number of nitrogens with zero attached hydrogens (tertiary/aromatic N) is 4. The van der Waals surface area contributed by atoms with Crippen molar-refractivity contribution < 1.29 is 4.79 Å². The second kappa shape index (κ2) is 6.51. The number of aromatic amines is 1. The first-order chi connectivity index (χ1) is 12.7. The van der Waals surface area contributed by atoms with Gasteiger partial charge in [0.05, 0.1) is 22.9 Å². The zero-order valence-corrected chi connectivity index (χ0v) is 15.4. The maximum absolute atomic E-state index is 12.7. The summed E-state index contributed by atoms with van der Waals surface area (Å²) in [6.45, 7) is 3.59. The van der Waals surface area contributed by atoms with Crippen molar-refractivity contribution in [2.45, 2.75) is 13.5 Å². The summed E-state index contributed by atoms with van der Waals surface area (Å²) >= 11 is 0. The van der Waals surface area contributed by atoms with E-state index in [2.05, 4.69) is 38.3 Å². The van der Waals surface area contributed by atoms with Gasteiger partial charge in [-0.1, -0.05) is 11.6 Å². The summed E-state index contributed by atoms with van der Waals surface area (Å²) in [6, 6.07) is 11.4. The van der Waals surface area contributed by atoms with E-state index in [1.165, 1.54) is 5.56 Å². The molecule has 2 N–H and O–H groups in total. The highest BCUT2D eigenvalue weighted by atomic mass is 35.5. The molecule has 0 radical (unpaired) electrons. The molecule has 0 saturated carbocycles. The van der Waals surface area contributed by atoms with E-state index >= 15 is 0 Å². The quantitative estimate of drug-likeness (QED) is 0.531. The van der Waals surface area contributed by atoms with Crippen LogP contribution in [0.1, 0.15) is 15.9 Å². The molecule has 0 atom stereocenters. The van der Waals surface area contributed by atoms with Gasteiger partial charge in [0.1, 0.15) is 5.82 Å². The molecular formula is C19H17ClN6O. The van der Waals surface area contributed by atoms with Gasteiger partial charge in [0, 0.05) is 24.0 Å². The Kier molecular flexibility index (Phi) is 4.16. The van der Waals surface area contributed by atoms with Crippen LogP contribution in [-0.2, 0) is 6.54 Å². The fourth-order valence-electron chi connectivity index (χ4n) is 3.35. The normalized spacial score (nSPS) is 13.4. The number of hydrogen-bond donors (Lipinski definition) is 2. The number of carbonyl (C=O) groups excluding carboxylic acids is 1. The Morgan fingerprint density at radius 2 is 2.04 bits per heavy atom. The summed E-state index contributed by atoms with van der Waals surface area (Å²) in [5.74, 6) is 0.649. The number of aryl methyl sites for hydroxylation is 1. The molecule has 0 bridgehead atoms. The number of nitrogens with one attached hydrogen (secondary N) is 2. The van der Waals surface area contributed by atoms with Crippen molar-refractivity contribution in [1.29, 1.82) is 0 Å². The van der Waals surface area contributed by atoms with Gasteiger partial charge in [0.25, 0.3) is 5.91 Å². The second-order valence-electron chi connectivity index (χ2n) is 6.41. The number of rotatable bonds is 1. The van der Waals surface area contributed by atoms with Gasteiger partial charge in [-0.15, -0.1) is 12.4 Å². The molecule has 0 aliphatic carbocycles. The predicted octanol–water partition coefficient (Wildman–Crippen LogP) is 2.81. The lowest BCUT2D eigenvalue weighted by Gasteiger charge is -2.08. The van der Waals surface area contributed by atoms with E-state index in [0.29, 0.717) is 11.2 Å². The van der Waals surface area contributed by atoms with Gasteiger partial charge in [-0.2, -0.15) is 4.99 Å². The van der Waals surface area contributed by atoms with Crippen molar-refractivity contribution in [1.82, 2.24) is 19.5 Å². The molecule has 3 heterocycles. The van der Waals surface area contributed by atoms with Crippen LogP contribution in [0.2, 0.25) is 0 Å². The number of amides is 1. The Morgan fingerprint density at radius 1 is 1.19 bits per heavy atom. The molecule has 7 nitrogen and oxygen atoms in total. The van der Waals surface area contributed by atoms with E-state index < -0.39 is 0 Å². The number of halogens is 1. The molecule has 1 aliphatic heterocycles. The molecule has 0 saturated heterocycles.